The standard InChI is InChI=1S/C14H23N/c1-5-12(11(3)4)13(6-2)14-9-7-8-10-15-14/h5-6,11,14-15H,1-2,7-10H2,3-4H3/b13-12-. The van der Waals surface area contributed by atoms with E-state index in [9.17, 15) is 0 Å². The molecule has 1 aliphatic heterocycles. The topological polar surface area (TPSA) is 12.0 Å². The molecule has 0 aliphatic carbocycles. The lowest BCUT2D eigenvalue weighted by Crippen LogP contribution is -2.35. The smallest absolute Gasteiger partial charge is 0.0322 e. The summed E-state index contributed by atoms with van der Waals surface area (Å²) in [6, 6.07) is 0.492. The van der Waals surface area contributed by atoms with Crippen LogP contribution in [0.4, 0.5) is 0 Å². The van der Waals surface area contributed by atoms with Gasteiger partial charge in [0.25, 0.3) is 0 Å². The fourth-order valence-electron chi connectivity index (χ4n) is 2.27. The molecule has 0 saturated carbocycles. The zero-order chi connectivity index (χ0) is 11.3. The molecule has 1 aliphatic rings. The maximum Gasteiger partial charge on any atom is 0.0322 e. The first-order chi connectivity index (χ1) is 7.20. The van der Waals surface area contributed by atoms with Crippen LogP contribution in [-0.4, -0.2) is 12.6 Å². The van der Waals surface area contributed by atoms with Crippen molar-refractivity contribution in [3.63, 3.8) is 0 Å². The molecule has 84 valence electrons. The fourth-order valence-corrected chi connectivity index (χ4v) is 2.27. The second-order valence-corrected chi connectivity index (χ2v) is 4.48. The molecule has 0 aromatic heterocycles. The average molecular weight is 205 g/mol. The van der Waals surface area contributed by atoms with Crippen LogP contribution in [0.25, 0.3) is 0 Å². The Balaban J connectivity index is 2.91. The summed E-state index contributed by atoms with van der Waals surface area (Å²) >= 11 is 0. The third-order valence-electron chi connectivity index (χ3n) is 3.08. The molecule has 0 amide bonds. The van der Waals surface area contributed by atoms with Crippen LogP contribution >= 0.6 is 0 Å². The van der Waals surface area contributed by atoms with Crippen molar-refractivity contribution in [3.8, 4) is 0 Å². The summed E-state index contributed by atoms with van der Waals surface area (Å²) in [5.41, 5.74) is 2.68. The first-order valence-corrected chi connectivity index (χ1v) is 5.93. The summed E-state index contributed by atoms with van der Waals surface area (Å²) in [7, 11) is 0. The molecule has 1 nitrogen and oxygen atoms in total. The van der Waals surface area contributed by atoms with Crippen LogP contribution in [0.5, 0.6) is 0 Å². The van der Waals surface area contributed by atoms with Gasteiger partial charge in [0.2, 0.25) is 0 Å². The molecule has 1 fully saturated rings. The maximum absolute atomic E-state index is 3.94. The highest BCUT2D eigenvalue weighted by molar-refractivity contribution is 5.36. The van der Waals surface area contributed by atoms with Crippen LogP contribution in [0, 0.1) is 5.92 Å². The van der Waals surface area contributed by atoms with E-state index in [-0.39, 0.29) is 0 Å². The molecule has 1 atom stereocenters. The van der Waals surface area contributed by atoms with Crippen molar-refractivity contribution in [2.75, 3.05) is 6.54 Å². The van der Waals surface area contributed by atoms with E-state index in [1.807, 2.05) is 12.2 Å². The Kier molecular flexibility index (Phi) is 4.83. The van der Waals surface area contributed by atoms with Crippen LogP contribution in [0.15, 0.2) is 36.5 Å². The third-order valence-corrected chi connectivity index (χ3v) is 3.08. The zero-order valence-corrected chi connectivity index (χ0v) is 10.1. The predicted molar refractivity (Wildman–Crippen MR) is 67.9 cm³/mol. The first-order valence-electron chi connectivity index (χ1n) is 5.93. The second kappa shape index (κ2) is 5.92. The van der Waals surface area contributed by atoms with Gasteiger partial charge in [0.1, 0.15) is 0 Å². The Hall–Kier alpha value is -0.820. The largest absolute Gasteiger partial charge is 0.310 e. The maximum atomic E-state index is 3.94. The molecule has 15 heavy (non-hydrogen) atoms. The van der Waals surface area contributed by atoms with Gasteiger partial charge in [-0.1, -0.05) is 45.6 Å². The minimum Gasteiger partial charge on any atom is -0.310 e. The normalized spacial score (nSPS) is 23.5. The molecule has 1 heterocycles. The number of nitrogens with one attached hydrogen (secondary N) is 1. The Bertz CT molecular complexity index is 255. The Morgan fingerprint density at radius 3 is 2.40 bits per heavy atom. The first kappa shape index (κ1) is 12.3. The van der Waals surface area contributed by atoms with E-state index >= 15 is 0 Å². The highest BCUT2D eigenvalue weighted by Gasteiger charge is 2.18. The van der Waals surface area contributed by atoms with Gasteiger partial charge in [-0.3, -0.25) is 0 Å². The van der Waals surface area contributed by atoms with Crippen LogP contribution in [0.1, 0.15) is 33.1 Å². The SMILES string of the molecule is C=C/C(=C(\C=C)C1CCCCN1)C(C)C. The molecule has 0 bridgehead atoms. The Labute approximate surface area is 94.0 Å². The molecular weight excluding hydrogens is 182 g/mol. The van der Waals surface area contributed by atoms with Gasteiger partial charge in [0.05, 0.1) is 0 Å². The monoisotopic (exact) mass is 205 g/mol. The summed E-state index contributed by atoms with van der Waals surface area (Å²) in [4.78, 5) is 0. The van der Waals surface area contributed by atoms with Crippen molar-refractivity contribution in [3.05, 3.63) is 36.5 Å². The summed E-state index contributed by atoms with van der Waals surface area (Å²) in [5, 5.41) is 3.56. The van der Waals surface area contributed by atoms with Crippen molar-refractivity contribution >= 4 is 0 Å². The van der Waals surface area contributed by atoms with Gasteiger partial charge < -0.3 is 5.32 Å². The van der Waals surface area contributed by atoms with Crippen LogP contribution < -0.4 is 5.32 Å². The van der Waals surface area contributed by atoms with Gasteiger partial charge in [-0.05, 0) is 36.5 Å². The minimum atomic E-state index is 0.492. The minimum absolute atomic E-state index is 0.492. The number of allylic oxidation sites excluding steroid dienone is 2. The molecule has 1 heteroatoms. The molecule has 0 radical (unpaired) electrons. The third kappa shape index (κ3) is 3.07. The van der Waals surface area contributed by atoms with E-state index in [1.54, 1.807) is 0 Å². The quantitative estimate of drug-likeness (QED) is 0.693. The van der Waals surface area contributed by atoms with E-state index in [0.717, 1.165) is 6.54 Å². The number of hydrogen-bond donors (Lipinski definition) is 1. The lowest BCUT2D eigenvalue weighted by molar-refractivity contribution is 0.441. The van der Waals surface area contributed by atoms with Gasteiger partial charge in [-0.15, -0.1) is 0 Å². The van der Waals surface area contributed by atoms with Crippen molar-refractivity contribution in [2.24, 2.45) is 5.92 Å². The number of piperidine rings is 1. The van der Waals surface area contributed by atoms with Crippen molar-refractivity contribution in [1.82, 2.24) is 5.32 Å². The number of hydrogen-bond acceptors (Lipinski definition) is 1. The summed E-state index contributed by atoms with van der Waals surface area (Å²) < 4.78 is 0. The molecule has 1 unspecified atom stereocenters. The molecule has 1 saturated heterocycles. The lowest BCUT2D eigenvalue weighted by atomic mass is 9.89. The zero-order valence-electron chi connectivity index (χ0n) is 10.1. The highest BCUT2D eigenvalue weighted by Crippen LogP contribution is 2.23. The van der Waals surface area contributed by atoms with E-state index in [0.29, 0.717) is 12.0 Å². The molecular formula is C14H23N. The van der Waals surface area contributed by atoms with Gasteiger partial charge >= 0.3 is 0 Å². The average Bonchev–Trinajstić information content (AvgIpc) is 2.26. The summed E-state index contributed by atoms with van der Waals surface area (Å²) in [6.45, 7) is 13.4. The molecule has 1 N–H and O–H groups in total. The fraction of sp³-hybridized carbons (Fsp3) is 0.571. The molecule has 1 rings (SSSR count). The molecule has 0 spiro atoms. The van der Waals surface area contributed by atoms with Crippen molar-refractivity contribution < 1.29 is 0 Å². The second-order valence-electron chi connectivity index (χ2n) is 4.48. The van der Waals surface area contributed by atoms with E-state index in [2.05, 4.69) is 32.3 Å². The van der Waals surface area contributed by atoms with E-state index in [4.69, 9.17) is 0 Å². The summed E-state index contributed by atoms with van der Waals surface area (Å²) in [6.07, 6.45) is 7.83. The van der Waals surface area contributed by atoms with Crippen LogP contribution in [0.2, 0.25) is 0 Å². The van der Waals surface area contributed by atoms with E-state index in [1.165, 1.54) is 30.4 Å². The predicted octanol–water partition coefficient (Wildman–Crippen LogP) is 3.45. The van der Waals surface area contributed by atoms with Crippen LogP contribution in [-0.2, 0) is 0 Å². The Morgan fingerprint density at radius 2 is 2.00 bits per heavy atom. The van der Waals surface area contributed by atoms with Gasteiger partial charge in [-0.25, -0.2) is 0 Å². The van der Waals surface area contributed by atoms with Crippen LogP contribution in [0.3, 0.4) is 0 Å². The highest BCUT2D eigenvalue weighted by atomic mass is 14.9. The van der Waals surface area contributed by atoms with Gasteiger partial charge in [0, 0.05) is 6.04 Å². The molecule has 0 aromatic carbocycles. The van der Waals surface area contributed by atoms with Crippen molar-refractivity contribution in [1.29, 1.82) is 0 Å². The summed E-state index contributed by atoms with van der Waals surface area (Å²) in [5.74, 6) is 0.527. The van der Waals surface area contributed by atoms with Gasteiger partial charge in [-0.2, -0.15) is 0 Å². The lowest BCUT2D eigenvalue weighted by Gasteiger charge is -2.27. The molecule has 0 aromatic rings. The van der Waals surface area contributed by atoms with Crippen molar-refractivity contribution in [2.45, 2.75) is 39.2 Å². The van der Waals surface area contributed by atoms with Gasteiger partial charge in [0.15, 0.2) is 0 Å². The Morgan fingerprint density at radius 1 is 1.27 bits per heavy atom. The number of rotatable bonds is 4. The van der Waals surface area contributed by atoms with E-state index < -0.39 is 0 Å².